The Morgan fingerprint density at radius 1 is 1.15 bits per heavy atom. The minimum atomic E-state index is -2.60. The number of hydrogen-bond acceptors (Lipinski definition) is 1. The highest BCUT2D eigenvalue weighted by Gasteiger charge is 2.17. The molecule has 0 amide bonds. The van der Waals surface area contributed by atoms with Gasteiger partial charge in [-0.15, -0.1) is 0 Å². The van der Waals surface area contributed by atoms with Gasteiger partial charge in [-0.3, -0.25) is 0 Å². The van der Waals surface area contributed by atoms with Crippen molar-refractivity contribution in [2.75, 3.05) is 0 Å². The topological polar surface area (TPSA) is 26.0 Å². The number of benzene rings is 1. The van der Waals surface area contributed by atoms with Crippen molar-refractivity contribution in [3.05, 3.63) is 33.8 Å². The molecule has 1 atom stereocenters. The second-order valence-corrected chi connectivity index (χ2v) is 3.35. The second-order valence-electron chi connectivity index (χ2n) is 2.53. The van der Waals surface area contributed by atoms with Crippen LogP contribution in [-0.2, 0) is 0 Å². The number of hydrogen-bond donors (Lipinski definition) is 1. The summed E-state index contributed by atoms with van der Waals surface area (Å²) in [6.07, 6.45) is -2.60. The van der Waals surface area contributed by atoms with Crippen molar-refractivity contribution < 1.29 is 8.78 Å². The fourth-order valence-corrected chi connectivity index (χ4v) is 1.17. The van der Waals surface area contributed by atoms with E-state index in [0.717, 1.165) is 0 Å². The van der Waals surface area contributed by atoms with Crippen LogP contribution in [-0.4, -0.2) is 6.43 Å². The highest BCUT2D eigenvalue weighted by atomic mass is 35.5. The first-order valence-electron chi connectivity index (χ1n) is 3.51. The highest BCUT2D eigenvalue weighted by molar-refractivity contribution is 6.42. The molecule has 2 N–H and O–H groups in total. The second kappa shape index (κ2) is 4.22. The van der Waals surface area contributed by atoms with Crippen molar-refractivity contribution in [2.45, 2.75) is 12.5 Å². The third-order valence-corrected chi connectivity index (χ3v) is 2.34. The van der Waals surface area contributed by atoms with Crippen LogP contribution in [0.15, 0.2) is 18.2 Å². The summed E-state index contributed by atoms with van der Waals surface area (Å²) in [7, 11) is 0. The molecule has 0 aliphatic heterocycles. The lowest BCUT2D eigenvalue weighted by molar-refractivity contribution is 0.116. The molecule has 0 heterocycles. The SMILES string of the molecule is NC(c1ccc(Cl)c(Cl)c1)C(F)F. The molecular formula is C8H7Cl2F2N. The molecule has 1 nitrogen and oxygen atoms in total. The maximum Gasteiger partial charge on any atom is 0.257 e. The Bertz CT molecular complexity index is 304. The van der Waals surface area contributed by atoms with Crippen molar-refractivity contribution in [1.29, 1.82) is 0 Å². The van der Waals surface area contributed by atoms with Crippen LogP contribution < -0.4 is 5.73 Å². The Morgan fingerprint density at radius 2 is 1.77 bits per heavy atom. The molecule has 13 heavy (non-hydrogen) atoms. The van der Waals surface area contributed by atoms with E-state index in [9.17, 15) is 8.78 Å². The number of halogens is 4. The first kappa shape index (κ1) is 10.7. The van der Waals surface area contributed by atoms with Crippen LogP contribution >= 0.6 is 23.2 Å². The van der Waals surface area contributed by atoms with Gasteiger partial charge < -0.3 is 5.73 Å². The molecule has 0 aliphatic rings. The van der Waals surface area contributed by atoms with Crippen molar-refractivity contribution in [1.82, 2.24) is 0 Å². The predicted octanol–water partition coefficient (Wildman–Crippen LogP) is 3.26. The maximum absolute atomic E-state index is 12.1. The lowest BCUT2D eigenvalue weighted by atomic mass is 10.1. The molecule has 0 bridgehead atoms. The average Bonchev–Trinajstić information content (AvgIpc) is 2.08. The Hall–Kier alpha value is -0.380. The minimum absolute atomic E-state index is 0.232. The standard InChI is InChI=1S/C8H7Cl2F2N/c9-5-2-1-4(3-6(5)10)7(13)8(11)12/h1-3,7-8H,13H2. The number of rotatable bonds is 2. The first-order valence-corrected chi connectivity index (χ1v) is 4.26. The van der Waals surface area contributed by atoms with Crippen molar-refractivity contribution in [3.8, 4) is 0 Å². The molecule has 0 saturated heterocycles. The lowest BCUT2D eigenvalue weighted by Gasteiger charge is -2.10. The van der Waals surface area contributed by atoms with Gasteiger partial charge in [0.1, 0.15) is 0 Å². The smallest absolute Gasteiger partial charge is 0.257 e. The molecule has 0 aliphatic carbocycles. The van der Waals surface area contributed by atoms with E-state index in [1.54, 1.807) is 0 Å². The van der Waals surface area contributed by atoms with Crippen LogP contribution in [0.25, 0.3) is 0 Å². The Kier molecular flexibility index (Phi) is 3.47. The van der Waals surface area contributed by atoms with Gasteiger partial charge in [0.05, 0.1) is 16.1 Å². The summed E-state index contributed by atoms with van der Waals surface area (Å²) in [5.74, 6) is 0. The van der Waals surface area contributed by atoms with E-state index in [0.29, 0.717) is 5.02 Å². The van der Waals surface area contributed by atoms with Gasteiger partial charge in [0.2, 0.25) is 0 Å². The third kappa shape index (κ3) is 2.53. The largest absolute Gasteiger partial charge is 0.319 e. The Balaban J connectivity index is 2.97. The summed E-state index contributed by atoms with van der Waals surface area (Å²) in [5.41, 5.74) is 5.49. The molecule has 1 unspecified atom stereocenters. The fraction of sp³-hybridized carbons (Fsp3) is 0.250. The van der Waals surface area contributed by atoms with Gasteiger partial charge in [0.25, 0.3) is 6.43 Å². The van der Waals surface area contributed by atoms with Gasteiger partial charge in [-0.1, -0.05) is 29.3 Å². The van der Waals surface area contributed by atoms with Crippen LogP contribution in [0.5, 0.6) is 0 Å². The molecule has 5 heteroatoms. The zero-order valence-electron chi connectivity index (χ0n) is 6.48. The molecule has 0 saturated carbocycles. The first-order chi connectivity index (χ1) is 6.02. The van der Waals surface area contributed by atoms with Crippen LogP contribution in [0.1, 0.15) is 11.6 Å². The lowest BCUT2D eigenvalue weighted by Crippen LogP contribution is -2.18. The maximum atomic E-state index is 12.1. The van der Waals surface area contributed by atoms with Gasteiger partial charge in [-0.2, -0.15) is 0 Å². The van der Waals surface area contributed by atoms with Crippen molar-refractivity contribution in [3.63, 3.8) is 0 Å². The van der Waals surface area contributed by atoms with E-state index in [1.807, 2.05) is 0 Å². The molecule has 72 valence electrons. The zero-order chi connectivity index (χ0) is 10.0. The summed E-state index contributed by atoms with van der Waals surface area (Å²) in [6.45, 7) is 0. The molecule has 1 rings (SSSR count). The number of alkyl halides is 2. The number of nitrogens with two attached hydrogens (primary N) is 1. The summed E-state index contributed by atoms with van der Waals surface area (Å²) in [6, 6.07) is 2.92. The molecule has 1 aromatic carbocycles. The van der Waals surface area contributed by atoms with Gasteiger partial charge in [-0.25, -0.2) is 8.78 Å². The fourth-order valence-electron chi connectivity index (χ4n) is 0.865. The Morgan fingerprint density at radius 3 is 2.23 bits per heavy atom. The van der Waals surface area contributed by atoms with E-state index >= 15 is 0 Å². The quantitative estimate of drug-likeness (QED) is 0.822. The van der Waals surface area contributed by atoms with Crippen LogP contribution in [0.2, 0.25) is 10.0 Å². The molecule has 0 spiro atoms. The molecular weight excluding hydrogens is 219 g/mol. The van der Waals surface area contributed by atoms with E-state index < -0.39 is 12.5 Å². The van der Waals surface area contributed by atoms with Crippen LogP contribution in [0.4, 0.5) is 8.78 Å². The van der Waals surface area contributed by atoms with Crippen molar-refractivity contribution in [2.24, 2.45) is 5.73 Å². The molecule has 0 aromatic heterocycles. The zero-order valence-corrected chi connectivity index (χ0v) is 7.99. The monoisotopic (exact) mass is 225 g/mol. The van der Waals surface area contributed by atoms with Crippen LogP contribution in [0, 0.1) is 0 Å². The summed E-state index contributed by atoms with van der Waals surface area (Å²) in [4.78, 5) is 0. The van der Waals surface area contributed by atoms with Gasteiger partial charge in [0.15, 0.2) is 0 Å². The van der Waals surface area contributed by atoms with Gasteiger partial charge in [0, 0.05) is 0 Å². The van der Waals surface area contributed by atoms with E-state index in [1.165, 1.54) is 18.2 Å². The predicted molar refractivity (Wildman–Crippen MR) is 49.4 cm³/mol. The normalized spacial score (nSPS) is 13.4. The van der Waals surface area contributed by atoms with E-state index in [4.69, 9.17) is 28.9 Å². The molecule has 0 fully saturated rings. The van der Waals surface area contributed by atoms with Gasteiger partial charge in [-0.05, 0) is 17.7 Å². The van der Waals surface area contributed by atoms with Gasteiger partial charge >= 0.3 is 0 Å². The molecule has 0 radical (unpaired) electrons. The average molecular weight is 226 g/mol. The summed E-state index contributed by atoms with van der Waals surface area (Å²) >= 11 is 11.2. The summed E-state index contributed by atoms with van der Waals surface area (Å²) in [5, 5.41) is 0.558. The molecule has 1 aromatic rings. The highest BCUT2D eigenvalue weighted by Crippen LogP contribution is 2.26. The van der Waals surface area contributed by atoms with Crippen molar-refractivity contribution >= 4 is 23.2 Å². The van der Waals surface area contributed by atoms with E-state index in [-0.39, 0.29) is 10.6 Å². The Labute approximate surface area is 84.4 Å². The third-order valence-electron chi connectivity index (χ3n) is 1.60. The van der Waals surface area contributed by atoms with Crippen LogP contribution in [0.3, 0.4) is 0 Å². The minimum Gasteiger partial charge on any atom is -0.319 e. The summed E-state index contributed by atoms with van der Waals surface area (Å²) < 4.78 is 24.3. The van der Waals surface area contributed by atoms with E-state index in [2.05, 4.69) is 0 Å².